The highest BCUT2D eigenvalue weighted by Gasteiger charge is 2.35. The number of nitrogens with zero attached hydrogens (tertiary/aromatic N) is 7. The van der Waals surface area contributed by atoms with E-state index in [2.05, 4.69) is 31.8 Å². The van der Waals surface area contributed by atoms with E-state index in [-0.39, 0.29) is 11.9 Å². The molecular weight excluding hydrogens is 511 g/mol. The fourth-order valence-corrected chi connectivity index (χ4v) is 4.90. The van der Waals surface area contributed by atoms with Gasteiger partial charge in [0.2, 0.25) is 5.88 Å². The van der Waals surface area contributed by atoms with Crippen molar-refractivity contribution < 1.29 is 22.6 Å². The fourth-order valence-electron chi connectivity index (χ4n) is 4.90. The molecule has 9 nitrogen and oxygen atoms in total. The number of benzene rings is 1. The number of ether oxygens (including phenoxy) is 2. The first-order valence-corrected chi connectivity index (χ1v) is 12.6. The maximum Gasteiger partial charge on any atom is 0.434 e. The Bertz CT molecular complexity index is 1520. The summed E-state index contributed by atoms with van der Waals surface area (Å²) in [4.78, 5) is 24.2. The number of hydrogen-bond donors (Lipinski definition) is 0. The summed E-state index contributed by atoms with van der Waals surface area (Å²) in [5.41, 5.74) is 2.23. The molecule has 4 aromatic rings. The highest BCUT2D eigenvalue weighted by molar-refractivity contribution is 5.69. The molecule has 1 fully saturated rings. The van der Waals surface area contributed by atoms with Crippen LogP contribution in [0.1, 0.15) is 48.7 Å². The highest BCUT2D eigenvalue weighted by atomic mass is 19.4. The van der Waals surface area contributed by atoms with Crippen LogP contribution in [0.3, 0.4) is 0 Å². The van der Waals surface area contributed by atoms with Crippen molar-refractivity contribution in [3.05, 3.63) is 59.9 Å². The van der Waals surface area contributed by atoms with Crippen molar-refractivity contribution >= 4 is 5.82 Å². The molecule has 12 heteroatoms. The molecule has 3 aromatic heterocycles. The van der Waals surface area contributed by atoms with Crippen LogP contribution in [0.4, 0.5) is 19.0 Å². The minimum Gasteiger partial charge on any atom is -0.486 e. The minimum absolute atomic E-state index is 0.103. The molecule has 0 radical (unpaired) electrons. The summed E-state index contributed by atoms with van der Waals surface area (Å²) in [5.74, 6) is 2.72. The summed E-state index contributed by atoms with van der Waals surface area (Å²) in [5, 5.41) is 0. The predicted octanol–water partition coefficient (Wildman–Crippen LogP) is 5.20. The van der Waals surface area contributed by atoms with E-state index in [1.165, 1.54) is 10.9 Å². The molecule has 2 aliphatic rings. The van der Waals surface area contributed by atoms with Gasteiger partial charge >= 0.3 is 6.18 Å². The molecule has 1 aliphatic heterocycles. The van der Waals surface area contributed by atoms with Crippen LogP contribution >= 0.6 is 0 Å². The molecule has 1 saturated carbocycles. The molecule has 1 aromatic carbocycles. The molecule has 0 spiro atoms. The Morgan fingerprint density at radius 2 is 1.85 bits per heavy atom. The second kappa shape index (κ2) is 9.51. The molecule has 1 aliphatic carbocycles. The largest absolute Gasteiger partial charge is 0.486 e. The number of methoxy groups -OCH3 is 1. The average Bonchev–Trinajstić information content (AvgIpc) is 3.71. The van der Waals surface area contributed by atoms with Gasteiger partial charge in [-0.15, -0.1) is 0 Å². The molecule has 39 heavy (non-hydrogen) atoms. The second-order valence-corrected chi connectivity index (χ2v) is 9.70. The third kappa shape index (κ3) is 4.64. The lowest BCUT2D eigenvalue weighted by Crippen LogP contribution is -2.36. The van der Waals surface area contributed by atoms with E-state index in [4.69, 9.17) is 14.5 Å². The zero-order valence-corrected chi connectivity index (χ0v) is 21.6. The SMILES string of the molecule is COc1ncnc(C2CC2)c1-c1ncc2c(n1)N(C(C)c1ccc(-c3nc(C(F)(F)F)cn3C)cc1)CCO2. The first-order chi connectivity index (χ1) is 18.7. The van der Waals surface area contributed by atoms with Gasteiger partial charge in [-0.25, -0.2) is 24.9 Å². The predicted molar refractivity (Wildman–Crippen MR) is 136 cm³/mol. The van der Waals surface area contributed by atoms with Crippen molar-refractivity contribution in [1.29, 1.82) is 0 Å². The van der Waals surface area contributed by atoms with E-state index in [9.17, 15) is 13.2 Å². The molecule has 4 heterocycles. The number of anilines is 1. The third-order valence-electron chi connectivity index (χ3n) is 7.11. The number of imidazole rings is 1. The van der Waals surface area contributed by atoms with Crippen LogP contribution in [0.5, 0.6) is 11.6 Å². The molecule has 0 amide bonds. The van der Waals surface area contributed by atoms with Crippen LogP contribution in [-0.4, -0.2) is 49.7 Å². The number of aromatic nitrogens is 6. The van der Waals surface area contributed by atoms with Gasteiger partial charge in [-0.1, -0.05) is 24.3 Å². The van der Waals surface area contributed by atoms with Gasteiger partial charge in [0.1, 0.15) is 24.3 Å². The van der Waals surface area contributed by atoms with Crippen molar-refractivity contribution in [2.24, 2.45) is 7.05 Å². The summed E-state index contributed by atoms with van der Waals surface area (Å²) in [6.45, 7) is 3.12. The van der Waals surface area contributed by atoms with Crippen LogP contribution in [-0.2, 0) is 13.2 Å². The van der Waals surface area contributed by atoms with Crippen LogP contribution < -0.4 is 14.4 Å². The number of alkyl halides is 3. The molecule has 1 unspecified atom stereocenters. The summed E-state index contributed by atoms with van der Waals surface area (Å²) in [7, 11) is 3.12. The van der Waals surface area contributed by atoms with Crippen LogP contribution in [0.25, 0.3) is 22.8 Å². The van der Waals surface area contributed by atoms with Crippen molar-refractivity contribution in [3.8, 4) is 34.4 Å². The van der Waals surface area contributed by atoms with Gasteiger partial charge in [0.15, 0.2) is 23.1 Å². The minimum atomic E-state index is -4.50. The van der Waals surface area contributed by atoms with Crippen LogP contribution in [0.15, 0.2) is 43.0 Å². The lowest BCUT2D eigenvalue weighted by Gasteiger charge is -2.35. The normalized spacial score (nSPS) is 16.0. The quantitative estimate of drug-likeness (QED) is 0.332. The molecule has 1 atom stereocenters. The molecule has 0 saturated heterocycles. The summed E-state index contributed by atoms with van der Waals surface area (Å²) >= 11 is 0. The van der Waals surface area contributed by atoms with E-state index in [0.717, 1.165) is 30.3 Å². The summed E-state index contributed by atoms with van der Waals surface area (Å²) < 4.78 is 52.2. The Morgan fingerprint density at radius 3 is 2.51 bits per heavy atom. The van der Waals surface area contributed by atoms with Crippen molar-refractivity contribution in [3.63, 3.8) is 0 Å². The van der Waals surface area contributed by atoms with Crippen molar-refractivity contribution in [2.75, 3.05) is 25.2 Å². The van der Waals surface area contributed by atoms with E-state index in [0.29, 0.717) is 53.5 Å². The Labute approximate surface area is 222 Å². The Kier molecular flexibility index (Phi) is 6.12. The smallest absolute Gasteiger partial charge is 0.434 e. The fraction of sp³-hybridized carbons (Fsp3) is 0.370. The second-order valence-electron chi connectivity index (χ2n) is 9.70. The highest BCUT2D eigenvalue weighted by Crippen LogP contribution is 2.46. The monoisotopic (exact) mass is 537 g/mol. The first kappa shape index (κ1) is 25.1. The van der Waals surface area contributed by atoms with Gasteiger partial charge in [-0.2, -0.15) is 13.2 Å². The number of aryl methyl sites for hydroxylation is 1. The third-order valence-corrected chi connectivity index (χ3v) is 7.11. The maximum atomic E-state index is 13.1. The van der Waals surface area contributed by atoms with E-state index in [1.54, 1.807) is 32.5 Å². The van der Waals surface area contributed by atoms with E-state index in [1.807, 2.05) is 12.1 Å². The Balaban J connectivity index is 1.32. The van der Waals surface area contributed by atoms with Gasteiger partial charge < -0.3 is 18.9 Å². The summed E-state index contributed by atoms with van der Waals surface area (Å²) in [6.07, 6.45) is 1.78. The summed E-state index contributed by atoms with van der Waals surface area (Å²) in [6, 6.07) is 7.27. The Morgan fingerprint density at radius 1 is 1.08 bits per heavy atom. The zero-order chi connectivity index (χ0) is 27.3. The van der Waals surface area contributed by atoms with Crippen LogP contribution in [0, 0.1) is 0 Å². The van der Waals surface area contributed by atoms with Gasteiger partial charge in [-0.3, -0.25) is 0 Å². The molecule has 0 N–H and O–H groups in total. The van der Waals surface area contributed by atoms with Crippen molar-refractivity contribution in [2.45, 2.75) is 37.9 Å². The first-order valence-electron chi connectivity index (χ1n) is 12.6. The van der Waals surface area contributed by atoms with E-state index < -0.39 is 11.9 Å². The maximum absolute atomic E-state index is 13.1. The molecular formula is C27H26F3N7O2. The van der Waals surface area contributed by atoms with Gasteiger partial charge in [-0.05, 0) is 25.3 Å². The Hall–Kier alpha value is -4.22. The lowest BCUT2D eigenvalue weighted by atomic mass is 10.0. The standard InChI is InChI=1S/C27H26F3N7O2/c1-15(16-4-8-18(9-5-16)24-34-20(13-36(24)2)27(28,29)30)37-10-11-39-19-12-31-23(35-25(19)37)21-22(17-6-7-17)32-14-33-26(21)38-3/h4-5,8-9,12-15,17H,6-7,10-11H2,1-3H3. The van der Waals surface area contributed by atoms with E-state index >= 15 is 0 Å². The lowest BCUT2D eigenvalue weighted by molar-refractivity contribution is -0.140. The number of fused-ring (bicyclic) bond motifs is 1. The zero-order valence-electron chi connectivity index (χ0n) is 21.6. The molecule has 6 rings (SSSR count). The topological polar surface area (TPSA) is 91.1 Å². The molecule has 0 bridgehead atoms. The number of hydrogen-bond acceptors (Lipinski definition) is 8. The van der Waals surface area contributed by atoms with Gasteiger partial charge in [0, 0.05) is 24.7 Å². The number of halogens is 3. The van der Waals surface area contributed by atoms with Gasteiger partial charge in [0.25, 0.3) is 0 Å². The average molecular weight is 538 g/mol. The number of rotatable bonds is 6. The molecule has 202 valence electrons. The van der Waals surface area contributed by atoms with Gasteiger partial charge in [0.05, 0.1) is 31.6 Å². The van der Waals surface area contributed by atoms with Crippen LogP contribution in [0.2, 0.25) is 0 Å². The van der Waals surface area contributed by atoms with Crippen molar-refractivity contribution in [1.82, 2.24) is 29.5 Å².